The minimum Gasteiger partial charge on any atom is -0.396 e. The number of aliphatic hydroxyl groups excluding tert-OH is 1. The van der Waals surface area contributed by atoms with E-state index in [9.17, 15) is 9.90 Å². The molecule has 1 aliphatic rings. The number of aliphatic hydroxyl groups is 1. The first-order valence-corrected chi connectivity index (χ1v) is 9.21. The molecule has 6 heteroatoms. The number of nitrogens with zero attached hydrogens (tertiary/aromatic N) is 2. The highest BCUT2D eigenvalue weighted by atomic mass is 16.7. The Balaban J connectivity index is 2.29. The van der Waals surface area contributed by atoms with Crippen molar-refractivity contribution in [3.63, 3.8) is 0 Å². The summed E-state index contributed by atoms with van der Waals surface area (Å²) < 4.78 is 0. The molecule has 0 saturated carbocycles. The number of hydroxylamine groups is 2. The van der Waals surface area contributed by atoms with Crippen molar-refractivity contribution >= 4 is 12.1 Å². The van der Waals surface area contributed by atoms with Gasteiger partial charge in [-0.2, -0.15) is 10.2 Å². The lowest BCUT2D eigenvalue weighted by Gasteiger charge is -2.37. The second kappa shape index (κ2) is 8.75. The van der Waals surface area contributed by atoms with Crippen molar-refractivity contribution in [3.8, 4) is 0 Å². The summed E-state index contributed by atoms with van der Waals surface area (Å²) in [5.41, 5.74) is 2.68. The summed E-state index contributed by atoms with van der Waals surface area (Å²) in [6, 6.07) is 10.2. The molecule has 0 spiro atoms. The van der Waals surface area contributed by atoms with Crippen LogP contribution in [0.2, 0.25) is 0 Å². The molecule has 0 bridgehead atoms. The number of hydrazone groups is 1. The van der Waals surface area contributed by atoms with Gasteiger partial charge in [0.15, 0.2) is 0 Å². The van der Waals surface area contributed by atoms with Gasteiger partial charge in [-0.25, -0.2) is 5.43 Å². The van der Waals surface area contributed by atoms with E-state index in [1.807, 2.05) is 30.2 Å². The normalized spacial score (nSPS) is 26.7. The molecule has 26 heavy (non-hydrogen) atoms. The van der Waals surface area contributed by atoms with Crippen LogP contribution in [0.5, 0.6) is 0 Å². The fraction of sp³-hybridized carbons (Fsp3) is 0.600. The quantitative estimate of drug-likeness (QED) is 0.551. The molecule has 6 nitrogen and oxygen atoms in total. The van der Waals surface area contributed by atoms with E-state index in [4.69, 9.17) is 4.84 Å². The van der Waals surface area contributed by atoms with E-state index in [2.05, 4.69) is 36.5 Å². The van der Waals surface area contributed by atoms with Crippen molar-refractivity contribution in [1.82, 2.24) is 10.5 Å². The molecule has 144 valence electrons. The lowest BCUT2D eigenvalue weighted by Crippen LogP contribution is -2.44. The summed E-state index contributed by atoms with van der Waals surface area (Å²) in [5.74, 6) is 0.242. The number of carbonyl (C=O) groups is 1. The third-order valence-electron chi connectivity index (χ3n) is 4.62. The maximum Gasteiger partial charge on any atom is 0.236 e. The van der Waals surface area contributed by atoms with Crippen LogP contribution in [0.25, 0.3) is 0 Å². The zero-order valence-electron chi connectivity index (χ0n) is 16.2. The monoisotopic (exact) mass is 361 g/mol. The molecular formula is C20H31N3O3. The second-order valence-electron chi connectivity index (χ2n) is 7.83. The molecule has 0 radical (unpaired) electrons. The van der Waals surface area contributed by atoms with Gasteiger partial charge < -0.3 is 5.11 Å². The van der Waals surface area contributed by atoms with Crippen LogP contribution >= 0.6 is 0 Å². The average Bonchev–Trinajstić information content (AvgIpc) is 2.79. The van der Waals surface area contributed by atoms with E-state index >= 15 is 0 Å². The molecule has 1 fully saturated rings. The van der Waals surface area contributed by atoms with Crippen LogP contribution in [0.1, 0.15) is 52.5 Å². The maximum absolute atomic E-state index is 11.1. The topological polar surface area (TPSA) is 74.2 Å². The van der Waals surface area contributed by atoms with Gasteiger partial charge >= 0.3 is 0 Å². The van der Waals surface area contributed by atoms with Gasteiger partial charge in [-0.3, -0.25) is 9.63 Å². The Morgan fingerprint density at radius 3 is 2.69 bits per heavy atom. The number of carbonyl (C=O) groups excluding carboxylic acids is 1. The van der Waals surface area contributed by atoms with Crippen molar-refractivity contribution in [3.05, 3.63) is 35.9 Å². The Labute approximate surface area is 156 Å². The molecule has 0 aromatic heterocycles. The third kappa shape index (κ3) is 5.37. The molecule has 0 unspecified atom stereocenters. The first-order chi connectivity index (χ1) is 12.3. The summed E-state index contributed by atoms with van der Waals surface area (Å²) in [4.78, 5) is 17.4. The van der Waals surface area contributed by atoms with Gasteiger partial charge in [0, 0.05) is 26.5 Å². The minimum atomic E-state index is -0.638. The predicted octanol–water partition coefficient (Wildman–Crippen LogP) is 2.87. The largest absolute Gasteiger partial charge is 0.396 e. The molecule has 1 amide bonds. The number of benzene rings is 1. The summed E-state index contributed by atoms with van der Waals surface area (Å²) in [6.45, 7) is 8.49. The molecule has 2 atom stereocenters. The summed E-state index contributed by atoms with van der Waals surface area (Å²) in [6.07, 6.45) is 3.89. The zero-order chi connectivity index (χ0) is 19.2. The van der Waals surface area contributed by atoms with E-state index in [1.165, 1.54) is 6.92 Å². The van der Waals surface area contributed by atoms with Gasteiger partial charge in [0.05, 0.1) is 11.8 Å². The Morgan fingerprint density at radius 1 is 1.42 bits per heavy atom. The highest BCUT2D eigenvalue weighted by Crippen LogP contribution is 2.44. The number of nitrogens with one attached hydrogen (secondary N) is 1. The van der Waals surface area contributed by atoms with E-state index < -0.39 is 5.60 Å². The first-order valence-electron chi connectivity index (χ1n) is 9.21. The van der Waals surface area contributed by atoms with E-state index in [1.54, 1.807) is 6.21 Å². The standard InChI is InChI=1S/C20H31N3O3/c1-16(2)12-20(10-11-24)14-19(4,15-21-22-17(3)25)26-23(20)13-18-8-6-5-7-9-18/h5-9,15-16,24H,10-14H2,1-4H3,(H,22,25)/b21-15+/t19-,20-/m1/s1. The number of hydrogen-bond acceptors (Lipinski definition) is 5. The van der Waals surface area contributed by atoms with Gasteiger partial charge in [0.2, 0.25) is 5.91 Å². The van der Waals surface area contributed by atoms with Crippen molar-refractivity contribution in [2.45, 2.75) is 64.6 Å². The van der Waals surface area contributed by atoms with Crippen LogP contribution in [-0.4, -0.2) is 40.0 Å². The Bertz CT molecular complexity index is 620. The molecule has 1 aliphatic heterocycles. The van der Waals surface area contributed by atoms with Crippen LogP contribution in [0.4, 0.5) is 0 Å². The second-order valence-corrected chi connectivity index (χ2v) is 7.83. The molecule has 2 rings (SSSR count). The molecule has 2 N–H and O–H groups in total. The van der Waals surface area contributed by atoms with Gasteiger partial charge in [0.25, 0.3) is 0 Å². The van der Waals surface area contributed by atoms with Crippen molar-refractivity contribution in [2.24, 2.45) is 11.0 Å². The van der Waals surface area contributed by atoms with Crippen LogP contribution in [0, 0.1) is 5.92 Å². The number of amides is 1. The Morgan fingerprint density at radius 2 is 2.12 bits per heavy atom. The van der Waals surface area contributed by atoms with E-state index in [0.717, 1.165) is 12.0 Å². The van der Waals surface area contributed by atoms with Crippen LogP contribution in [-0.2, 0) is 16.2 Å². The Kier molecular flexibility index (Phi) is 6.92. The zero-order valence-corrected chi connectivity index (χ0v) is 16.2. The average molecular weight is 361 g/mol. The minimum absolute atomic E-state index is 0.0975. The SMILES string of the molecule is CC(=O)N/N=C/[C@@]1(C)C[C@@](CCO)(CC(C)C)N(Cc2ccccc2)O1. The number of hydrogen-bond donors (Lipinski definition) is 2. The summed E-state index contributed by atoms with van der Waals surface area (Å²) >= 11 is 0. The van der Waals surface area contributed by atoms with E-state index in [0.29, 0.717) is 25.3 Å². The summed E-state index contributed by atoms with van der Waals surface area (Å²) in [7, 11) is 0. The van der Waals surface area contributed by atoms with Gasteiger partial charge in [-0.15, -0.1) is 0 Å². The van der Waals surface area contributed by atoms with E-state index in [-0.39, 0.29) is 18.1 Å². The third-order valence-corrected chi connectivity index (χ3v) is 4.62. The van der Waals surface area contributed by atoms with Crippen molar-refractivity contribution in [1.29, 1.82) is 0 Å². The molecular weight excluding hydrogens is 330 g/mol. The fourth-order valence-corrected chi connectivity index (χ4v) is 3.86. The molecule has 1 aromatic rings. The van der Waals surface area contributed by atoms with Gasteiger partial charge in [-0.05, 0) is 31.2 Å². The summed E-state index contributed by atoms with van der Waals surface area (Å²) in [5, 5.41) is 15.8. The molecule has 0 aliphatic carbocycles. The van der Waals surface area contributed by atoms with Gasteiger partial charge in [-0.1, -0.05) is 44.2 Å². The predicted molar refractivity (Wildman–Crippen MR) is 102 cm³/mol. The van der Waals surface area contributed by atoms with Crippen molar-refractivity contribution < 1.29 is 14.7 Å². The van der Waals surface area contributed by atoms with Crippen LogP contribution in [0.3, 0.4) is 0 Å². The van der Waals surface area contributed by atoms with Gasteiger partial charge in [0.1, 0.15) is 5.60 Å². The lowest BCUT2D eigenvalue weighted by molar-refractivity contribution is -0.211. The first kappa shape index (κ1) is 20.6. The fourth-order valence-electron chi connectivity index (χ4n) is 3.86. The molecule has 1 heterocycles. The van der Waals surface area contributed by atoms with Crippen LogP contribution < -0.4 is 5.43 Å². The molecule has 1 saturated heterocycles. The molecule has 1 aromatic carbocycles. The smallest absolute Gasteiger partial charge is 0.236 e. The Hall–Kier alpha value is -1.76. The lowest BCUT2D eigenvalue weighted by atomic mass is 9.78. The van der Waals surface area contributed by atoms with Crippen molar-refractivity contribution in [2.75, 3.05) is 6.61 Å². The van der Waals surface area contributed by atoms with Crippen LogP contribution in [0.15, 0.2) is 35.4 Å². The maximum atomic E-state index is 11.1. The number of rotatable bonds is 8. The highest BCUT2D eigenvalue weighted by molar-refractivity contribution is 5.75. The highest BCUT2D eigenvalue weighted by Gasteiger charge is 2.52.